The van der Waals surface area contributed by atoms with Crippen LogP contribution in [-0.4, -0.2) is 9.55 Å². The molecule has 0 spiro atoms. The van der Waals surface area contributed by atoms with Crippen LogP contribution in [-0.2, 0) is 13.2 Å². The molecule has 0 N–H and O–H groups in total. The molecule has 0 saturated heterocycles. The minimum absolute atomic E-state index is 0. The smallest absolute Gasteiger partial charge is 0.147 e. The first-order valence-electron chi connectivity index (χ1n) is 9.40. The Kier molecular flexibility index (Phi) is 6.23. The van der Waals surface area contributed by atoms with Crippen LogP contribution in [0.2, 0.25) is 0 Å². The van der Waals surface area contributed by atoms with Crippen molar-refractivity contribution in [1.29, 1.82) is 0 Å². The number of aromatic nitrogens is 2. The average molecular weight is 411 g/mol. The Labute approximate surface area is 176 Å². The maximum Gasteiger partial charge on any atom is 0.147 e. The van der Waals surface area contributed by atoms with Gasteiger partial charge in [0.2, 0.25) is 0 Å². The second kappa shape index (κ2) is 8.66. The number of halogens is 2. The largest absolute Gasteiger partial charge is 0.487 e. The number of benzene rings is 2. The zero-order valence-corrected chi connectivity index (χ0v) is 17.6. The number of fused-ring (bicyclic) bond motifs is 1. The van der Waals surface area contributed by atoms with Crippen molar-refractivity contribution in [3.8, 4) is 5.75 Å². The van der Waals surface area contributed by atoms with Crippen molar-refractivity contribution in [2.45, 2.75) is 33.9 Å². The maximum absolute atomic E-state index is 13.1. The number of aryl methyl sites for hydroxylation is 2. The first-order valence-corrected chi connectivity index (χ1v) is 9.40. The summed E-state index contributed by atoms with van der Waals surface area (Å²) in [6.07, 6.45) is 1.78. The molecule has 0 atom stereocenters. The van der Waals surface area contributed by atoms with Gasteiger partial charge < -0.3 is 9.30 Å². The second-order valence-electron chi connectivity index (χ2n) is 7.20. The molecule has 2 aromatic heterocycles. The van der Waals surface area contributed by atoms with Crippen molar-refractivity contribution in [3.05, 3.63) is 94.6 Å². The van der Waals surface area contributed by atoms with E-state index in [1.807, 2.05) is 6.07 Å². The van der Waals surface area contributed by atoms with E-state index in [1.165, 1.54) is 29.0 Å². The highest BCUT2D eigenvalue weighted by Gasteiger charge is 2.16. The summed E-state index contributed by atoms with van der Waals surface area (Å²) in [7, 11) is 0. The lowest BCUT2D eigenvalue weighted by Crippen LogP contribution is -2.04. The van der Waals surface area contributed by atoms with E-state index in [-0.39, 0.29) is 18.2 Å². The van der Waals surface area contributed by atoms with Crippen LogP contribution in [0.5, 0.6) is 5.75 Å². The first-order chi connectivity index (χ1) is 13.5. The van der Waals surface area contributed by atoms with Crippen LogP contribution in [0.15, 0.2) is 60.8 Å². The Hall–Kier alpha value is -2.85. The van der Waals surface area contributed by atoms with Gasteiger partial charge in [0.25, 0.3) is 0 Å². The van der Waals surface area contributed by atoms with Gasteiger partial charge in [-0.1, -0.05) is 42.0 Å². The van der Waals surface area contributed by atoms with Crippen LogP contribution in [0.1, 0.15) is 27.9 Å². The van der Waals surface area contributed by atoms with Crippen molar-refractivity contribution in [2.75, 3.05) is 0 Å². The molecule has 0 saturated carbocycles. The highest BCUT2D eigenvalue weighted by Crippen LogP contribution is 2.32. The summed E-state index contributed by atoms with van der Waals surface area (Å²) in [5.74, 6) is 0.547. The fourth-order valence-electron chi connectivity index (χ4n) is 3.44. The van der Waals surface area contributed by atoms with E-state index in [9.17, 15) is 4.39 Å². The monoisotopic (exact) mass is 410 g/mol. The van der Waals surface area contributed by atoms with Crippen molar-refractivity contribution in [2.24, 2.45) is 0 Å². The molecule has 150 valence electrons. The quantitative estimate of drug-likeness (QED) is 0.394. The highest BCUT2D eigenvalue weighted by molar-refractivity contribution is 5.86. The predicted octanol–water partition coefficient (Wildman–Crippen LogP) is 6.15. The SMILES string of the molecule is Cc1ccc(Cn2c(C)c(C)c3nccc(OCc4ccc(F)cc4)c32)cc1.Cl. The molecule has 0 radical (unpaired) electrons. The summed E-state index contributed by atoms with van der Waals surface area (Å²) in [5.41, 5.74) is 7.71. The molecular weight excluding hydrogens is 387 g/mol. The molecule has 2 aromatic carbocycles. The summed E-state index contributed by atoms with van der Waals surface area (Å²) in [5, 5.41) is 0. The maximum atomic E-state index is 13.1. The van der Waals surface area contributed by atoms with Gasteiger partial charge in [-0.2, -0.15) is 0 Å². The van der Waals surface area contributed by atoms with Crippen LogP contribution >= 0.6 is 12.4 Å². The molecule has 0 aliphatic carbocycles. The third kappa shape index (κ3) is 4.28. The lowest BCUT2D eigenvalue weighted by Gasteiger charge is -2.13. The van der Waals surface area contributed by atoms with E-state index in [2.05, 4.69) is 54.6 Å². The van der Waals surface area contributed by atoms with E-state index in [0.717, 1.165) is 34.5 Å². The van der Waals surface area contributed by atoms with Crippen molar-refractivity contribution in [1.82, 2.24) is 9.55 Å². The number of rotatable bonds is 5. The van der Waals surface area contributed by atoms with Crippen molar-refractivity contribution in [3.63, 3.8) is 0 Å². The zero-order valence-electron chi connectivity index (χ0n) is 16.8. The lowest BCUT2D eigenvalue weighted by atomic mass is 10.1. The summed E-state index contributed by atoms with van der Waals surface area (Å²) < 4.78 is 21.5. The summed E-state index contributed by atoms with van der Waals surface area (Å²) in [6.45, 7) is 7.45. The Morgan fingerprint density at radius 1 is 0.897 bits per heavy atom. The minimum atomic E-state index is -0.242. The van der Waals surface area contributed by atoms with Gasteiger partial charge in [-0.05, 0) is 49.6 Å². The van der Waals surface area contributed by atoms with Gasteiger partial charge in [0.15, 0.2) is 0 Å². The van der Waals surface area contributed by atoms with Gasteiger partial charge in [-0.3, -0.25) is 4.98 Å². The van der Waals surface area contributed by atoms with Gasteiger partial charge in [-0.15, -0.1) is 12.4 Å². The topological polar surface area (TPSA) is 27.1 Å². The molecule has 0 fully saturated rings. The van der Waals surface area contributed by atoms with Gasteiger partial charge in [0.1, 0.15) is 23.7 Å². The van der Waals surface area contributed by atoms with Crippen molar-refractivity contribution >= 4 is 23.4 Å². The predicted molar refractivity (Wildman–Crippen MR) is 117 cm³/mol. The standard InChI is InChI=1S/C24H23FN2O.ClH/c1-16-4-6-19(7-5-16)14-27-18(3)17(2)23-24(27)22(12-13-26-23)28-15-20-8-10-21(25)11-9-20;/h4-13H,14-15H2,1-3H3;1H. The number of hydrogen-bond acceptors (Lipinski definition) is 2. The zero-order chi connectivity index (χ0) is 19.7. The van der Waals surface area contributed by atoms with Crippen LogP contribution in [0.4, 0.5) is 4.39 Å². The van der Waals surface area contributed by atoms with Gasteiger partial charge in [0, 0.05) is 24.5 Å². The molecule has 0 amide bonds. The Balaban J connectivity index is 0.00000240. The number of hydrogen-bond donors (Lipinski definition) is 0. The van der Waals surface area contributed by atoms with Gasteiger partial charge >= 0.3 is 0 Å². The van der Waals surface area contributed by atoms with Gasteiger partial charge in [0.05, 0.1) is 5.52 Å². The molecule has 0 aliphatic heterocycles. The molecule has 0 bridgehead atoms. The molecule has 0 aliphatic rings. The number of pyridine rings is 1. The third-order valence-electron chi connectivity index (χ3n) is 5.23. The molecule has 4 rings (SSSR count). The molecule has 5 heteroatoms. The Morgan fingerprint density at radius 3 is 2.24 bits per heavy atom. The van der Waals surface area contributed by atoms with Crippen molar-refractivity contribution < 1.29 is 9.13 Å². The van der Waals surface area contributed by atoms with Crippen LogP contribution in [0, 0.1) is 26.6 Å². The van der Waals surface area contributed by atoms with Gasteiger partial charge in [-0.25, -0.2) is 4.39 Å². The Bertz CT molecular complexity index is 1120. The lowest BCUT2D eigenvalue weighted by molar-refractivity contribution is 0.308. The van der Waals surface area contributed by atoms with E-state index in [4.69, 9.17) is 4.74 Å². The van der Waals surface area contributed by atoms with E-state index in [0.29, 0.717) is 6.61 Å². The molecule has 4 aromatic rings. The molecule has 29 heavy (non-hydrogen) atoms. The van der Waals surface area contributed by atoms with E-state index in [1.54, 1.807) is 18.3 Å². The summed E-state index contributed by atoms with van der Waals surface area (Å²) >= 11 is 0. The average Bonchev–Trinajstić information content (AvgIpc) is 2.95. The normalized spacial score (nSPS) is 10.8. The molecule has 0 unspecified atom stereocenters. The molecule has 2 heterocycles. The van der Waals surface area contributed by atoms with E-state index < -0.39 is 0 Å². The fraction of sp³-hybridized carbons (Fsp3) is 0.208. The highest BCUT2D eigenvalue weighted by atomic mass is 35.5. The summed E-state index contributed by atoms with van der Waals surface area (Å²) in [4.78, 5) is 4.59. The first kappa shape index (κ1) is 20.9. The molecule has 3 nitrogen and oxygen atoms in total. The Morgan fingerprint density at radius 2 is 1.55 bits per heavy atom. The molecular formula is C24H24ClFN2O. The van der Waals surface area contributed by atoms with Crippen LogP contribution < -0.4 is 4.74 Å². The second-order valence-corrected chi connectivity index (χ2v) is 7.20. The third-order valence-corrected chi connectivity index (χ3v) is 5.23. The van der Waals surface area contributed by atoms with Crippen LogP contribution in [0.25, 0.3) is 11.0 Å². The fourth-order valence-corrected chi connectivity index (χ4v) is 3.44. The number of nitrogens with zero attached hydrogens (tertiary/aromatic N) is 2. The minimum Gasteiger partial charge on any atom is -0.487 e. The summed E-state index contributed by atoms with van der Waals surface area (Å²) in [6, 6.07) is 16.9. The number of ether oxygens (including phenoxy) is 1. The van der Waals surface area contributed by atoms with Crippen LogP contribution in [0.3, 0.4) is 0 Å². The van der Waals surface area contributed by atoms with E-state index >= 15 is 0 Å².